The van der Waals surface area contributed by atoms with Gasteiger partial charge in [-0.15, -0.1) is 0 Å². The molecule has 1 saturated heterocycles. The Morgan fingerprint density at radius 1 is 1.09 bits per heavy atom. The van der Waals surface area contributed by atoms with Crippen LogP contribution < -0.4 is 10.8 Å². The Kier molecular flexibility index (Phi) is 6.36. The molecule has 2 aromatic carbocycles. The Bertz CT molecular complexity index is 1350. The highest BCUT2D eigenvalue weighted by Gasteiger charge is 2.23. The first-order valence-electron chi connectivity index (χ1n) is 11.5. The van der Waals surface area contributed by atoms with E-state index < -0.39 is 0 Å². The molecule has 2 aromatic heterocycles. The van der Waals surface area contributed by atoms with Crippen LogP contribution in [0.3, 0.4) is 0 Å². The number of nitrogens with zero attached hydrogens (tertiary/aromatic N) is 4. The minimum atomic E-state index is 0.0531. The van der Waals surface area contributed by atoms with Crippen molar-refractivity contribution >= 4 is 48.4 Å². The van der Waals surface area contributed by atoms with E-state index in [1.54, 1.807) is 6.08 Å². The molecule has 1 aliphatic rings. The summed E-state index contributed by atoms with van der Waals surface area (Å²) in [5.41, 5.74) is 4.53. The van der Waals surface area contributed by atoms with Gasteiger partial charge >= 0.3 is 0 Å². The number of carbonyl (C=O) groups is 1. The largest absolute Gasteiger partial charge is 0.367 e. The van der Waals surface area contributed by atoms with Crippen molar-refractivity contribution in [2.75, 3.05) is 18.4 Å². The van der Waals surface area contributed by atoms with Gasteiger partial charge in [0.05, 0.1) is 5.69 Å². The van der Waals surface area contributed by atoms with Crippen molar-refractivity contribution in [3.63, 3.8) is 0 Å². The quantitative estimate of drug-likeness (QED) is 0.359. The van der Waals surface area contributed by atoms with Crippen LogP contribution in [0.1, 0.15) is 18.4 Å². The molecule has 0 spiro atoms. The van der Waals surface area contributed by atoms with Gasteiger partial charge in [-0.25, -0.2) is 4.98 Å². The molecular weight excluding hydrogens is 445 g/mol. The summed E-state index contributed by atoms with van der Waals surface area (Å²) in [6.45, 7) is 1.42. The standard InChI is InChI=1S/C26H25BClN5O/c27-21-17-29-33-24(16-23(31-26(21)33)20-8-4-5-9-22(20)28)30-19-12-14-32(15-13-19)25(34)11-10-18-6-2-1-3-7-18/h1-11,16-17,19,30H,12-15,27H2/b11-10+. The molecule has 1 aliphatic heterocycles. The topological polar surface area (TPSA) is 62.5 Å². The van der Waals surface area contributed by atoms with Gasteiger partial charge in [0, 0.05) is 48.1 Å². The second kappa shape index (κ2) is 9.73. The van der Waals surface area contributed by atoms with E-state index in [0.717, 1.165) is 46.6 Å². The number of hydrogen-bond donors (Lipinski definition) is 1. The third-order valence-electron chi connectivity index (χ3n) is 6.17. The van der Waals surface area contributed by atoms with Crippen molar-refractivity contribution in [2.45, 2.75) is 18.9 Å². The average Bonchev–Trinajstić information content (AvgIpc) is 3.25. The number of rotatable bonds is 5. The van der Waals surface area contributed by atoms with Crippen LogP contribution in [0.4, 0.5) is 5.82 Å². The van der Waals surface area contributed by atoms with Crippen LogP contribution in [-0.4, -0.2) is 52.4 Å². The van der Waals surface area contributed by atoms with Crippen molar-refractivity contribution < 1.29 is 4.79 Å². The van der Waals surface area contributed by atoms with Crippen LogP contribution in [0.25, 0.3) is 23.0 Å². The van der Waals surface area contributed by atoms with Crippen LogP contribution in [0.2, 0.25) is 5.02 Å². The Labute approximate surface area is 204 Å². The van der Waals surface area contributed by atoms with Gasteiger partial charge in [0.15, 0.2) is 5.65 Å². The van der Waals surface area contributed by atoms with E-state index in [1.165, 1.54) is 0 Å². The van der Waals surface area contributed by atoms with Gasteiger partial charge in [0.25, 0.3) is 0 Å². The molecule has 5 rings (SSSR count). The van der Waals surface area contributed by atoms with Crippen molar-refractivity contribution in [3.8, 4) is 11.3 Å². The summed E-state index contributed by atoms with van der Waals surface area (Å²) in [6, 6.07) is 19.8. The van der Waals surface area contributed by atoms with Crippen molar-refractivity contribution in [3.05, 3.63) is 83.5 Å². The third kappa shape index (κ3) is 4.70. The van der Waals surface area contributed by atoms with Crippen LogP contribution in [0, 0.1) is 0 Å². The molecule has 6 nitrogen and oxygen atoms in total. The Balaban J connectivity index is 1.30. The van der Waals surface area contributed by atoms with Gasteiger partial charge in [-0.05, 0) is 36.0 Å². The lowest BCUT2D eigenvalue weighted by atomic mass is 10.0. The molecular formula is C26H25BClN5O. The van der Waals surface area contributed by atoms with Crippen LogP contribution in [0.15, 0.2) is 72.9 Å². The summed E-state index contributed by atoms with van der Waals surface area (Å²) in [4.78, 5) is 19.4. The van der Waals surface area contributed by atoms with E-state index in [4.69, 9.17) is 16.6 Å². The predicted octanol–water partition coefficient (Wildman–Crippen LogP) is 3.42. The summed E-state index contributed by atoms with van der Waals surface area (Å²) in [6.07, 6.45) is 7.08. The number of nitrogens with one attached hydrogen (secondary N) is 1. The molecule has 1 amide bonds. The number of amides is 1. The molecule has 0 atom stereocenters. The van der Waals surface area contributed by atoms with E-state index in [1.807, 2.05) is 90.2 Å². The maximum Gasteiger partial charge on any atom is 0.246 e. The number of piperidine rings is 1. The average molecular weight is 470 g/mol. The SMILES string of the molecule is Bc1cnn2c(NC3CCN(C(=O)/C=C/c4ccccc4)CC3)cc(-c3ccccc3Cl)nc12. The zero-order valence-corrected chi connectivity index (χ0v) is 19.7. The van der Waals surface area contributed by atoms with E-state index >= 15 is 0 Å². The maximum absolute atomic E-state index is 12.6. The van der Waals surface area contributed by atoms with Gasteiger partial charge in [-0.3, -0.25) is 4.79 Å². The van der Waals surface area contributed by atoms with Gasteiger partial charge in [-0.1, -0.05) is 60.1 Å². The number of halogens is 1. The number of likely N-dealkylation sites (tertiary alicyclic amines) is 1. The minimum absolute atomic E-state index is 0.0531. The van der Waals surface area contributed by atoms with Gasteiger partial charge in [0.1, 0.15) is 13.7 Å². The first-order chi connectivity index (χ1) is 16.6. The summed E-state index contributed by atoms with van der Waals surface area (Å²) in [5, 5.41) is 8.83. The number of hydrogen-bond acceptors (Lipinski definition) is 4. The maximum atomic E-state index is 12.6. The fourth-order valence-electron chi connectivity index (χ4n) is 4.27. The molecule has 0 bridgehead atoms. The van der Waals surface area contributed by atoms with Gasteiger partial charge in [-0.2, -0.15) is 9.61 Å². The second-order valence-corrected chi connectivity index (χ2v) is 8.96. The van der Waals surface area contributed by atoms with Crippen LogP contribution in [0.5, 0.6) is 0 Å². The first-order valence-corrected chi connectivity index (χ1v) is 11.8. The lowest BCUT2D eigenvalue weighted by Crippen LogP contribution is -2.42. The van der Waals surface area contributed by atoms with Crippen LogP contribution in [-0.2, 0) is 4.79 Å². The minimum Gasteiger partial charge on any atom is -0.367 e. The van der Waals surface area contributed by atoms with Gasteiger partial charge < -0.3 is 10.2 Å². The number of carbonyl (C=O) groups excluding carboxylic acids is 1. The summed E-state index contributed by atoms with van der Waals surface area (Å²) in [7, 11) is 2.00. The molecule has 0 radical (unpaired) electrons. The highest BCUT2D eigenvalue weighted by Crippen LogP contribution is 2.29. The van der Waals surface area contributed by atoms with Crippen LogP contribution >= 0.6 is 11.6 Å². The van der Waals surface area contributed by atoms with E-state index in [2.05, 4.69) is 10.4 Å². The fourth-order valence-corrected chi connectivity index (χ4v) is 4.51. The number of anilines is 1. The molecule has 34 heavy (non-hydrogen) atoms. The van der Waals surface area contributed by atoms with Crippen molar-refractivity contribution in [2.24, 2.45) is 0 Å². The molecule has 4 aromatic rings. The molecule has 3 heterocycles. The van der Waals surface area contributed by atoms with Crippen molar-refractivity contribution in [1.82, 2.24) is 19.5 Å². The third-order valence-corrected chi connectivity index (χ3v) is 6.50. The highest BCUT2D eigenvalue weighted by atomic mass is 35.5. The molecule has 0 unspecified atom stereocenters. The smallest absolute Gasteiger partial charge is 0.246 e. The molecule has 1 N–H and O–H groups in total. The fraction of sp³-hybridized carbons (Fsp3) is 0.192. The van der Waals surface area contributed by atoms with E-state index in [-0.39, 0.29) is 11.9 Å². The second-order valence-electron chi connectivity index (χ2n) is 8.56. The monoisotopic (exact) mass is 469 g/mol. The molecule has 1 fully saturated rings. The summed E-state index contributed by atoms with van der Waals surface area (Å²) < 4.78 is 1.84. The summed E-state index contributed by atoms with van der Waals surface area (Å²) in [5.74, 6) is 0.930. The Hall–Kier alpha value is -3.58. The Morgan fingerprint density at radius 3 is 2.59 bits per heavy atom. The molecule has 170 valence electrons. The number of benzene rings is 2. The van der Waals surface area contributed by atoms with Crippen molar-refractivity contribution in [1.29, 1.82) is 0 Å². The summed E-state index contributed by atoms with van der Waals surface area (Å²) >= 11 is 6.45. The zero-order valence-electron chi connectivity index (χ0n) is 19.0. The first kappa shape index (κ1) is 22.2. The number of fused-ring (bicyclic) bond motifs is 1. The molecule has 0 saturated carbocycles. The lowest BCUT2D eigenvalue weighted by Gasteiger charge is -2.32. The highest BCUT2D eigenvalue weighted by molar-refractivity contribution is 6.36. The molecule has 0 aliphatic carbocycles. The number of aromatic nitrogens is 3. The van der Waals surface area contributed by atoms with Gasteiger partial charge in [0.2, 0.25) is 5.91 Å². The Morgan fingerprint density at radius 2 is 1.82 bits per heavy atom. The normalized spacial score (nSPS) is 14.7. The predicted molar refractivity (Wildman–Crippen MR) is 140 cm³/mol. The van der Waals surface area contributed by atoms with E-state index in [9.17, 15) is 4.79 Å². The van der Waals surface area contributed by atoms with E-state index in [0.29, 0.717) is 18.1 Å². The molecule has 8 heteroatoms. The zero-order chi connectivity index (χ0) is 23.5. The lowest BCUT2D eigenvalue weighted by molar-refractivity contribution is -0.126.